The van der Waals surface area contributed by atoms with Crippen molar-refractivity contribution in [3.8, 4) is 0 Å². The molecule has 2 aliphatic heterocycles. The molecule has 0 saturated heterocycles. The average molecular weight is 469 g/mol. The van der Waals surface area contributed by atoms with E-state index in [2.05, 4.69) is 10.3 Å². The van der Waals surface area contributed by atoms with Crippen LogP contribution in [0.15, 0.2) is 18.2 Å². The summed E-state index contributed by atoms with van der Waals surface area (Å²) in [6.45, 7) is 10.6. The highest BCUT2D eigenvalue weighted by Gasteiger charge is 2.42. The van der Waals surface area contributed by atoms with Crippen molar-refractivity contribution in [3.05, 3.63) is 45.5 Å². The van der Waals surface area contributed by atoms with Crippen molar-refractivity contribution < 1.29 is 19.2 Å². The van der Waals surface area contributed by atoms with Crippen LogP contribution in [0.5, 0.6) is 0 Å². The summed E-state index contributed by atoms with van der Waals surface area (Å²) in [7, 11) is 0. The SMILES string of the molecule is CC(C)CC(=O)N1CCc2nc(NC(=O)c3ccc4c(c3)C(=O)N(C(C)(C)C)C4=O)sc2C1. The van der Waals surface area contributed by atoms with E-state index in [0.29, 0.717) is 42.5 Å². The monoisotopic (exact) mass is 468 g/mol. The van der Waals surface area contributed by atoms with Crippen LogP contribution in [0.3, 0.4) is 0 Å². The molecule has 0 bridgehead atoms. The van der Waals surface area contributed by atoms with Gasteiger partial charge < -0.3 is 4.90 Å². The lowest BCUT2D eigenvalue weighted by Gasteiger charge is -2.29. The van der Waals surface area contributed by atoms with E-state index in [1.54, 1.807) is 26.8 Å². The zero-order chi connectivity index (χ0) is 24.1. The molecule has 3 heterocycles. The molecule has 0 radical (unpaired) electrons. The van der Waals surface area contributed by atoms with Crippen LogP contribution in [0.1, 0.15) is 82.7 Å². The first-order chi connectivity index (χ1) is 15.5. The lowest BCUT2D eigenvalue weighted by Crippen LogP contribution is -2.45. The fraction of sp³-hybridized carbons (Fsp3) is 0.458. The first-order valence-corrected chi connectivity index (χ1v) is 11.9. The maximum atomic E-state index is 12.9. The molecule has 9 heteroatoms. The van der Waals surface area contributed by atoms with Crippen molar-refractivity contribution in [2.24, 2.45) is 5.92 Å². The fourth-order valence-corrected chi connectivity index (χ4v) is 5.12. The van der Waals surface area contributed by atoms with E-state index >= 15 is 0 Å². The number of amides is 4. The van der Waals surface area contributed by atoms with Gasteiger partial charge >= 0.3 is 0 Å². The van der Waals surface area contributed by atoms with E-state index in [-0.39, 0.29) is 22.9 Å². The van der Waals surface area contributed by atoms with E-state index in [1.165, 1.54) is 28.4 Å². The second-order valence-corrected chi connectivity index (χ2v) is 11.0. The molecule has 1 aromatic heterocycles. The maximum absolute atomic E-state index is 12.9. The number of carbonyl (C=O) groups is 4. The smallest absolute Gasteiger partial charge is 0.262 e. The molecule has 0 saturated carbocycles. The standard InChI is InChI=1S/C24H28N4O4S/c1-13(2)10-19(29)27-9-8-17-18(12-27)33-23(25-17)26-20(30)14-6-7-15-16(11-14)22(32)28(21(15)31)24(3,4)5/h6-7,11,13H,8-10,12H2,1-5H3,(H,25,26,30). The number of nitrogens with zero attached hydrogens (tertiary/aromatic N) is 3. The quantitative estimate of drug-likeness (QED) is 0.690. The molecule has 0 unspecified atom stereocenters. The summed E-state index contributed by atoms with van der Waals surface area (Å²) in [5, 5.41) is 3.27. The number of anilines is 1. The van der Waals surface area contributed by atoms with Crippen molar-refractivity contribution in [3.63, 3.8) is 0 Å². The predicted octanol–water partition coefficient (Wildman–Crippen LogP) is 3.72. The molecule has 2 aromatic rings. The Labute approximate surface area is 197 Å². The number of thiazole rings is 1. The summed E-state index contributed by atoms with van der Waals surface area (Å²) in [6, 6.07) is 4.54. The van der Waals surface area contributed by atoms with Gasteiger partial charge in [0, 0.05) is 35.4 Å². The van der Waals surface area contributed by atoms with Crippen LogP contribution in [-0.4, -0.2) is 50.5 Å². The highest BCUT2D eigenvalue weighted by atomic mass is 32.1. The lowest BCUT2D eigenvalue weighted by atomic mass is 10.1. The van der Waals surface area contributed by atoms with E-state index in [4.69, 9.17) is 0 Å². The van der Waals surface area contributed by atoms with Crippen molar-refractivity contribution in [2.75, 3.05) is 11.9 Å². The Hall–Kier alpha value is -3.07. The first-order valence-electron chi connectivity index (χ1n) is 11.1. The summed E-state index contributed by atoms with van der Waals surface area (Å²) in [6.07, 6.45) is 1.17. The molecule has 4 amide bonds. The minimum Gasteiger partial charge on any atom is -0.337 e. The second-order valence-electron chi connectivity index (χ2n) is 9.88. The second kappa shape index (κ2) is 8.37. The lowest BCUT2D eigenvalue weighted by molar-refractivity contribution is -0.132. The molecule has 0 atom stereocenters. The molecule has 0 spiro atoms. The van der Waals surface area contributed by atoms with Gasteiger partial charge in [-0.25, -0.2) is 4.98 Å². The molecule has 1 aromatic carbocycles. The van der Waals surface area contributed by atoms with Gasteiger partial charge in [-0.3, -0.25) is 29.4 Å². The zero-order valence-corrected chi connectivity index (χ0v) is 20.3. The number of imide groups is 1. The number of benzene rings is 1. The Morgan fingerprint density at radius 1 is 1.15 bits per heavy atom. The predicted molar refractivity (Wildman–Crippen MR) is 125 cm³/mol. The van der Waals surface area contributed by atoms with Crippen molar-refractivity contribution >= 4 is 40.1 Å². The summed E-state index contributed by atoms with van der Waals surface area (Å²) in [4.78, 5) is 59.3. The summed E-state index contributed by atoms with van der Waals surface area (Å²) >= 11 is 1.36. The third kappa shape index (κ3) is 4.42. The largest absolute Gasteiger partial charge is 0.337 e. The fourth-order valence-electron chi connectivity index (χ4n) is 4.10. The van der Waals surface area contributed by atoms with Gasteiger partial charge in [-0.2, -0.15) is 0 Å². The molecule has 0 aliphatic carbocycles. The van der Waals surface area contributed by atoms with Gasteiger partial charge in [0.05, 0.1) is 23.4 Å². The van der Waals surface area contributed by atoms with Crippen LogP contribution >= 0.6 is 11.3 Å². The molecular formula is C24H28N4O4S. The van der Waals surface area contributed by atoms with Crippen LogP contribution < -0.4 is 5.32 Å². The van der Waals surface area contributed by atoms with Gasteiger partial charge in [0.1, 0.15) is 0 Å². The van der Waals surface area contributed by atoms with Crippen molar-refractivity contribution in [1.82, 2.24) is 14.8 Å². The van der Waals surface area contributed by atoms with Gasteiger partial charge in [0.2, 0.25) is 5.91 Å². The Balaban J connectivity index is 1.49. The number of carbonyl (C=O) groups excluding carboxylic acids is 4. The molecule has 174 valence electrons. The average Bonchev–Trinajstić information content (AvgIpc) is 3.23. The minimum atomic E-state index is -0.653. The van der Waals surface area contributed by atoms with Crippen LogP contribution in [0, 0.1) is 5.92 Å². The van der Waals surface area contributed by atoms with E-state index in [0.717, 1.165) is 10.6 Å². The molecule has 4 rings (SSSR count). The van der Waals surface area contributed by atoms with Crippen molar-refractivity contribution in [2.45, 2.75) is 59.5 Å². The summed E-state index contributed by atoms with van der Waals surface area (Å²) in [5.41, 5.74) is 1.08. The number of hydrogen-bond acceptors (Lipinski definition) is 6. The number of rotatable bonds is 4. The van der Waals surface area contributed by atoms with Crippen molar-refractivity contribution in [1.29, 1.82) is 0 Å². The zero-order valence-electron chi connectivity index (χ0n) is 19.5. The van der Waals surface area contributed by atoms with Gasteiger partial charge in [-0.1, -0.05) is 25.2 Å². The van der Waals surface area contributed by atoms with Crippen LogP contribution in [0.4, 0.5) is 5.13 Å². The molecule has 8 nitrogen and oxygen atoms in total. The number of aromatic nitrogens is 1. The van der Waals surface area contributed by atoms with Crippen LogP contribution in [0.2, 0.25) is 0 Å². The first kappa shape index (κ1) is 23.1. The van der Waals surface area contributed by atoms with Gasteiger partial charge in [0.15, 0.2) is 5.13 Å². The van der Waals surface area contributed by atoms with Gasteiger partial charge in [-0.05, 0) is 44.9 Å². The highest BCUT2D eigenvalue weighted by Crippen LogP contribution is 2.31. The van der Waals surface area contributed by atoms with E-state index in [9.17, 15) is 19.2 Å². The van der Waals surface area contributed by atoms with Gasteiger partial charge in [0.25, 0.3) is 17.7 Å². The molecule has 1 N–H and O–H groups in total. The van der Waals surface area contributed by atoms with E-state index in [1.807, 2.05) is 18.7 Å². The third-order valence-corrected chi connectivity index (χ3v) is 6.70. The summed E-state index contributed by atoms with van der Waals surface area (Å²) in [5.74, 6) is -0.700. The van der Waals surface area contributed by atoms with Crippen LogP contribution in [0.25, 0.3) is 0 Å². The van der Waals surface area contributed by atoms with Crippen LogP contribution in [-0.2, 0) is 17.8 Å². The number of nitrogens with one attached hydrogen (secondary N) is 1. The number of fused-ring (bicyclic) bond motifs is 2. The Morgan fingerprint density at radius 3 is 2.52 bits per heavy atom. The Morgan fingerprint density at radius 2 is 1.85 bits per heavy atom. The Bertz CT molecular complexity index is 1160. The van der Waals surface area contributed by atoms with Gasteiger partial charge in [-0.15, -0.1) is 0 Å². The normalized spacial score (nSPS) is 15.7. The summed E-state index contributed by atoms with van der Waals surface area (Å²) < 4.78 is 0. The molecule has 0 fully saturated rings. The molecular weight excluding hydrogens is 440 g/mol. The highest BCUT2D eigenvalue weighted by molar-refractivity contribution is 7.15. The molecule has 33 heavy (non-hydrogen) atoms. The Kier molecular flexibility index (Phi) is 5.86. The topological polar surface area (TPSA) is 99.7 Å². The number of hydrogen-bond donors (Lipinski definition) is 1. The maximum Gasteiger partial charge on any atom is 0.262 e. The third-order valence-electron chi connectivity index (χ3n) is 5.71. The van der Waals surface area contributed by atoms with E-state index < -0.39 is 17.4 Å². The minimum absolute atomic E-state index is 0.135. The molecule has 2 aliphatic rings.